The molecule has 0 fully saturated rings. The van der Waals surface area contributed by atoms with Crippen LogP contribution in [0.4, 0.5) is 0 Å². The number of fused-ring (bicyclic) bond motifs is 1. The molecule has 0 radical (unpaired) electrons. The summed E-state index contributed by atoms with van der Waals surface area (Å²) in [5.74, 6) is 3.67. The number of hydrogen-bond acceptors (Lipinski definition) is 6. The fourth-order valence-electron chi connectivity index (χ4n) is 3.84. The van der Waals surface area contributed by atoms with Crippen LogP contribution in [0.2, 0.25) is 0 Å². The minimum Gasteiger partial charge on any atom is -0.494 e. The lowest BCUT2D eigenvalue weighted by molar-refractivity contribution is 0.101. The zero-order chi connectivity index (χ0) is 22.0. The number of aromatic nitrogens is 1. The maximum Gasteiger partial charge on any atom is 0.280 e. The Morgan fingerprint density at radius 3 is 1.78 bits per heavy atom. The van der Waals surface area contributed by atoms with Crippen LogP contribution in [0.15, 0.2) is 71.2 Å². The van der Waals surface area contributed by atoms with Gasteiger partial charge in [0.1, 0.15) is 17.2 Å². The molecule has 0 spiro atoms. The molecule has 0 bridgehead atoms. The molecule has 6 heterocycles. The lowest BCUT2D eigenvalue weighted by atomic mass is 10.1. The molecule has 5 aromatic heterocycles. The van der Waals surface area contributed by atoms with Crippen molar-refractivity contribution >= 4 is 11.6 Å². The lowest BCUT2D eigenvalue weighted by Gasteiger charge is -1.97. The molecule has 2 N–H and O–H groups in total. The molecular formula is C24H16N2O6. The van der Waals surface area contributed by atoms with E-state index in [-0.39, 0.29) is 22.7 Å². The quantitative estimate of drug-likeness (QED) is 0.379. The van der Waals surface area contributed by atoms with Crippen LogP contribution in [0.25, 0.3) is 34.5 Å². The summed E-state index contributed by atoms with van der Waals surface area (Å²) in [5.41, 5.74) is 1.08. The van der Waals surface area contributed by atoms with E-state index in [4.69, 9.17) is 17.7 Å². The highest BCUT2D eigenvalue weighted by atomic mass is 16.4. The Morgan fingerprint density at radius 2 is 1.19 bits per heavy atom. The van der Waals surface area contributed by atoms with E-state index in [1.165, 1.54) is 0 Å². The predicted molar refractivity (Wildman–Crippen MR) is 114 cm³/mol. The molecule has 0 aromatic carbocycles. The summed E-state index contributed by atoms with van der Waals surface area (Å²) in [6.45, 7) is 3.68. The molecule has 6 rings (SSSR count). The van der Waals surface area contributed by atoms with Crippen molar-refractivity contribution in [1.29, 1.82) is 0 Å². The highest BCUT2D eigenvalue weighted by Gasteiger charge is 2.36. The molecule has 1 aliphatic heterocycles. The second-order valence-electron chi connectivity index (χ2n) is 7.51. The highest BCUT2D eigenvalue weighted by Crippen LogP contribution is 2.40. The van der Waals surface area contributed by atoms with Crippen molar-refractivity contribution < 1.29 is 27.6 Å². The van der Waals surface area contributed by atoms with Gasteiger partial charge in [0.15, 0.2) is 40.4 Å². The van der Waals surface area contributed by atoms with Gasteiger partial charge in [0.2, 0.25) is 0 Å². The van der Waals surface area contributed by atoms with E-state index >= 15 is 0 Å². The normalized spacial score (nSPS) is 13.1. The summed E-state index contributed by atoms with van der Waals surface area (Å²) in [6.07, 6.45) is 0. The van der Waals surface area contributed by atoms with Gasteiger partial charge < -0.3 is 27.8 Å². The van der Waals surface area contributed by atoms with Crippen molar-refractivity contribution in [2.24, 2.45) is 4.99 Å². The van der Waals surface area contributed by atoms with Crippen molar-refractivity contribution in [2.75, 3.05) is 0 Å². The fraction of sp³-hybridized carbons (Fsp3) is 0.0833. The van der Waals surface area contributed by atoms with E-state index in [1.54, 1.807) is 36.4 Å². The van der Waals surface area contributed by atoms with Crippen molar-refractivity contribution in [2.45, 2.75) is 13.8 Å². The summed E-state index contributed by atoms with van der Waals surface area (Å²) < 4.78 is 22.9. The number of rotatable bonds is 4. The first-order valence-corrected chi connectivity index (χ1v) is 9.90. The van der Waals surface area contributed by atoms with Gasteiger partial charge in [-0.1, -0.05) is 0 Å². The summed E-state index contributed by atoms with van der Waals surface area (Å²) in [6, 6.07) is 14.1. The first-order chi connectivity index (χ1) is 15.5. The molecule has 8 nitrogen and oxygen atoms in total. The van der Waals surface area contributed by atoms with Crippen LogP contribution in [0.3, 0.4) is 0 Å². The van der Waals surface area contributed by atoms with E-state index in [0.717, 1.165) is 11.5 Å². The van der Waals surface area contributed by atoms with Gasteiger partial charge in [-0.25, -0.2) is 4.99 Å². The summed E-state index contributed by atoms with van der Waals surface area (Å²) >= 11 is 0. The number of furan rings is 4. The third-order valence-electron chi connectivity index (χ3n) is 5.30. The molecule has 0 aliphatic carbocycles. The molecule has 0 atom stereocenters. The number of amides is 1. The first-order valence-electron chi connectivity index (χ1n) is 9.90. The monoisotopic (exact) mass is 428 g/mol. The maximum absolute atomic E-state index is 12.8. The molecule has 158 valence electrons. The molecule has 0 unspecified atom stereocenters. The van der Waals surface area contributed by atoms with Gasteiger partial charge in [0.05, 0.1) is 16.8 Å². The molecule has 1 amide bonds. The molecule has 0 saturated carbocycles. The Labute approximate surface area is 180 Å². The second-order valence-corrected chi connectivity index (χ2v) is 7.51. The van der Waals surface area contributed by atoms with Crippen LogP contribution in [-0.4, -0.2) is 21.7 Å². The Hall–Kier alpha value is -4.46. The molecule has 32 heavy (non-hydrogen) atoms. The van der Waals surface area contributed by atoms with Crippen molar-refractivity contribution in [3.8, 4) is 40.4 Å². The number of hydrogen-bond donors (Lipinski definition) is 2. The number of H-pyrrole nitrogens is 1. The fourth-order valence-corrected chi connectivity index (χ4v) is 3.84. The minimum atomic E-state index is -0.500. The zero-order valence-corrected chi connectivity index (χ0v) is 17.1. The van der Waals surface area contributed by atoms with Gasteiger partial charge in [-0.05, 0) is 62.4 Å². The van der Waals surface area contributed by atoms with E-state index in [2.05, 4.69) is 9.98 Å². The lowest BCUT2D eigenvalue weighted by Crippen LogP contribution is -1.97. The SMILES string of the molecule is Cc1ccc(-c2ccc(C3=NC(=O)c4c(-c5ccc(-c6ccc(C)o6)o5)[nH]c(O)c43)o2)o1. The largest absolute Gasteiger partial charge is 0.494 e. The van der Waals surface area contributed by atoms with Gasteiger partial charge in [-0.3, -0.25) is 4.79 Å². The Kier molecular flexibility index (Phi) is 3.73. The van der Waals surface area contributed by atoms with Gasteiger partial charge in [0.25, 0.3) is 5.91 Å². The van der Waals surface area contributed by atoms with Crippen LogP contribution in [0.5, 0.6) is 5.88 Å². The number of nitrogens with zero attached hydrogens (tertiary/aromatic N) is 1. The molecule has 1 aliphatic rings. The second kappa shape index (κ2) is 6.52. The number of aromatic amines is 1. The van der Waals surface area contributed by atoms with Gasteiger partial charge in [-0.15, -0.1) is 0 Å². The van der Waals surface area contributed by atoms with Crippen LogP contribution < -0.4 is 0 Å². The van der Waals surface area contributed by atoms with E-state index in [1.807, 2.05) is 26.0 Å². The van der Waals surface area contributed by atoms with E-state index in [9.17, 15) is 9.90 Å². The highest BCUT2D eigenvalue weighted by molar-refractivity contribution is 6.29. The van der Waals surface area contributed by atoms with Gasteiger partial charge in [-0.2, -0.15) is 0 Å². The Bertz CT molecular complexity index is 1530. The predicted octanol–water partition coefficient (Wildman–Crippen LogP) is 5.70. The van der Waals surface area contributed by atoms with Crippen LogP contribution >= 0.6 is 0 Å². The maximum atomic E-state index is 12.8. The smallest absolute Gasteiger partial charge is 0.280 e. The zero-order valence-electron chi connectivity index (χ0n) is 17.1. The minimum absolute atomic E-state index is 0.196. The molecule has 0 saturated heterocycles. The summed E-state index contributed by atoms with van der Waals surface area (Å²) in [7, 11) is 0. The van der Waals surface area contributed by atoms with E-state index < -0.39 is 5.91 Å². The Morgan fingerprint density at radius 1 is 0.688 bits per heavy atom. The van der Waals surface area contributed by atoms with Crippen molar-refractivity contribution in [3.63, 3.8) is 0 Å². The third kappa shape index (κ3) is 2.70. The number of nitrogens with one attached hydrogen (secondary N) is 1. The van der Waals surface area contributed by atoms with Gasteiger partial charge in [0, 0.05) is 0 Å². The average molecular weight is 428 g/mol. The number of aliphatic imine (C=N–C) groups is 1. The van der Waals surface area contributed by atoms with Crippen LogP contribution in [-0.2, 0) is 0 Å². The number of aryl methyl sites for hydroxylation is 2. The van der Waals surface area contributed by atoms with Crippen LogP contribution in [0.1, 0.15) is 33.2 Å². The van der Waals surface area contributed by atoms with Crippen molar-refractivity contribution in [3.05, 3.63) is 76.9 Å². The summed E-state index contributed by atoms with van der Waals surface area (Å²) in [4.78, 5) is 19.7. The standard InChI is InChI=1S/C24H16N2O6/c1-11-3-5-13(29-11)15-7-9-17(31-15)21-19-20(24(28)25-21)22(26-23(19)27)18-10-8-16(32-18)14-6-4-12(2)30-14/h3-10,25,28H,1-2H3. The third-order valence-corrected chi connectivity index (χ3v) is 5.30. The van der Waals surface area contributed by atoms with E-state index in [0.29, 0.717) is 40.3 Å². The molecule has 5 aromatic rings. The first kappa shape index (κ1) is 18.3. The Balaban J connectivity index is 1.39. The van der Waals surface area contributed by atoms with Crippen LogP contribution in [0, 0.1) is 13.8 Å². The van der Waals surface area contributed by atoms with Gasteiger partial charge >= 0.3 is 0 Å². The summed E-state index contributed by atoms with van der Waals surface area (Å²) in [5, 5.41) is 10.6. The number of carbonyl (C=O) groups excluding carboxylic acids is 1. The van der Waals surface area contributed by atoms with Crippen molar-refractivity contribution in [1.82, 2.24) is 4.98 Å². The molecular weight excluding hydrogens is 412 g/mol. The average Bonchev–Trinajstić information content (AvgIpc) is 3.55. The topological polar surface area (TPSA) is 118 Å². The number of aromatic hydroxyl groups is 1. The number of carbonyl (C=O) groups is 1. The molecule has 8 heteroatoms.